The smallest absolute Gasteiger partial charge is 0.326 e. The van der Waals surface area contributed by atoms with Crippen molar-refractivity contribution in [2.75, 3.05) is 0 Å². The van der Waals surface area contributed by atoms with Crippen molar-refractivity contribution >= 4 is 22.8 Å². The number of fused-ring (bicyclic) bond motifs is 2. The number of benzene rings is 1. The Labute approximate surface area is 134 Å². The number of likely N-dealkylation sites (tertiary alicyclic amines) is 1. The van der Waals surface area contributed by atoms with Crippen LogP contribution < -0.4 is 0 Å². The van der Waals surface area contributed by atoms with E-state index in [1.54, 1.807) is 11.0 Å². The fourth-order valence-corrected chi connectivity index (χ4v) is 4.30. The molecule has 2 N–H and O–H groups in total. The van der Waals surface area contributed by atoms with Crippen LogP contribution in [-0.2, 0) is 4.79 Å². The molecule has 2 aromatic rings. The number of H-pyrrole nitrogens is 1. The molecule has 1 amide bonds. The van der Waals surface area contributed by atoms with Crippen molar-refractivity contribution in [3.05, 3.63) is 36.0 Å². The Morgan fingerprint density at radius 2 is 2.00 bits per heavy atom. The number of carbonyl (C=O) groups is 2. The second-order valence-electron chi connectivity index (χ2n) is 6.69. The summed E-state index contributed by atoms with van der Waals surface area (Å²) in [6.45, 7) is 0. The van der Waals surface area contributed by atoms with Gasteiger partial charge in [-0.05, 0) is 48.8 Å². The van der Waals surface area contributed by atoms with Crippen LogP contribution in [0.5, 0.6) is 0 Å². The molecule has 4 rings (SSSR count). The number of aromatic nitrogens is 1. The van der Waals surface area contributed by atoms with Gasteiger partial charge in [0.15, 0.2) is 0 Å². The van der Waals surface area contributed by atoms with Crippen LogP contribution in [-0.4, -0.2) is 39.0 Å². The van der Waals surface area contributed by atoms with E-state index in [0.717, 1.165) is 36.6 Å². The Bertz CT molecular complexity index is 766. The zero-order valence-corrected chi connectivity index (χ0v) is 12.9. The fraction of sp³-hybridized carbons (Fsp3) is 0.444. The number of nitrogens with zero attached hydrogens (tertiary/aromatic N) is 1. The van der Waals surface area contributed by atoms with Crippen molar-refractivity contribution in [3.63, 3.8) is 0 Å². The summed E-state index contributed by atoms with van der Waals surface area (Å²) < 4.78 is 0. The minimum atomic E-state index is -0.881. The van der Waals surface area contributed by atoms with Gasteiger partial charge >= 0.3 is 5.97 Å². The first-order valence-electron chi connectivity index (χ1n) is 8.28. The van der Waals surface area contributed by atoms with Crippen LogP contribution in [0, 0.1) is 5.92 Å². The number of rotatable bonds is 2. The number of amides is 1. The Kier molecular flexibility index (Phi) is 3.36. The molecule has 2 aliphatic rings. The molecule has 5 heteroatoms. The number of hydrogen-bond acceptors (Lipinski definition) is 2. The van der Waals surface area contributed by atoms with E-state index in [9.17, 15) is 14.7 Å². The topological polar surface area (TPSA) is 73.4 Å². The second kappa shape index (κ2) is 5.41. The second-order valence-corrected chi connectivity index (χ2v) is 6.69. The number of nitrogens with one attached hydrogen (secondary N) is 1. The molecule has 0 radical (unpaired) electrons. The molecule has 0 unspecified atom stereocenters. The SMILES string of the molecule is O=C(O)[C@@H]1C[C@H]2CCCC[C@@H]2N1C(=O)c1ccc2cc[nH]c2c1. The summed E-state index contributed by atoms with van der Waals surface area (Å²) in [5.74, 6) is -0.694. The van der Waals surface area contributed by atoms with Gasteiger partial charge in [0.1, 0.15) is 6.04 Å². The zero-order chi connectivity index (χ0) is 16.0. The lowest BCUT2D eigenvalue weighted by atomic mass is 9.84. The third-order valence-corrected chi connectivity index (χ3v) is 5.41. The summed E-state index contributed by atoms with van der Waals surface area (Å²) >= 11 is 0. The van der Waals surface area contributed by atoms with E-state index in [1.807, 2.05) is 24.4 Å². The van der Waals surface area contributed by atoms with Gasteiger partial charge < -0.3 is 15.0 Å². The monoisotopic (exact) mass is 312 g/mol. The quantitative estimate of drug-likeness (QED) is 0.895. The van der Waals surface area contributed by atoms with E-state index in [1.165, 1.54) is 0 Å². The van der Waals surface area contributed by atoms with Gasteiger partial charge in [-0.3, -0.25) is 4.79 Å². The minimum Gasteiger partial charge on any atom is -0.480 e. The Morgan fingerprint density at radius 3 is 2.83 bits per heavy atom. The van der Waals surface area contributed by atoms with E-state index in [2.05, 4.69) is 4.98 Å². The van der Waals surface area contributed by atoms with E-state index in [4.69, 9.17) is 0 Å². The molecule has 2 heterocycles. The molecule has 5 nitrogen and oxygen atoms in total. The van der Waals surface area contributed by atoms with Crippen LogP contribution in [0.3, 0.4) is 0 Å². The van der Waals surface area contributed by atoms with Crippen LogP contribution in [0.4, 0.5) is 0 Å². The van der Waals surface area contributed by atoms with Gasteiger partial charge in [-0.25, -0.2) is 4.79 Å². The van der Waals surface area contributed by atoms with Crippen molar-refractivity contribution in [2.45, 2.75) is 44.2 Å². The maximum absolute atomic E-state index is 13.0. The molecule has 0 bridgehead atoms. The fourth-order valence-electron chi connectivity index (χ4n) is 4.30. The summed E-state index contributed by atoms with van der Waals surface area (Å²) in [6.07, 6.45) is 6.61. The summed E-state index contributed by atoms with van der Waals surface area (Å²) in [6, 6.07) is 6.88. The molecule has 1 aliphatic heterocycles. The highest BCUT2D eigenvalue weighted by atomic mass is 16.4. The maximum atomic E-state index is 13.0. The van der Waals surface area contributed by atoms with E-state index < -0.39 is 12.0 Å². The van der Waals surface area contributed by atoms with Gasteiger partial charge in [0.2, 0.25) is 0 Å². The van der Waals surface area contributed by atoms with Gasteiger partial charge in [-0.2, -0.15) is 0 Å². The molecular formula is C18H20N2O3. The molecular weight excluding hydrogens is 292 g/mol. The molecule has 23 heavy (non-hydrogen) atoms. The Hall–Kier alpha value is -2.30. The Morgan fingerprint density at radius 1 is 1.17 bits per heavy atom. The molecule has 120 valence electrons. The van der Waals surface area contributed by atoms with Crippen molar-refractivity contribution in [1.29, 1.82) is 0 Å². The predicted octanol–water partition coefficient (Wildman–Crippen LogP) is 3.03. The normalized spacial score (nSPS) is 27.1. The number of carboxylic acid groups (broad SMARTS) is 1. The molecule has 1 aliphatic carbocycles. The lowest BCUT2D eigenvalue weighted by molar-refractivity contribution is -0.141. The molecule has 1 aromatic heterocycles. The molecule has 3 atom stereocenters. The highest BCUT2D eigenvalue weighted by Crippen LogP contribution is 2.40. The van der Waals surface area contributed by atoms with Gasteiger partial charge in [0, 0.05) is 23.3 Å². The van der Waals surface area contributed by atoms with Crippen molar-refractivity contribution in [2.24, 2.45) is 5.92 Å². The van der Waals surface area contributed by atoms with E-state index >= 15 is 0 Å². The van der Waals surface area contributed by atoms with Crippen LogP contribution in [0.2, 0.25) is 0 Å². The number of hydrogen-bond donors (Lipinski definition) is 2. The lowest BCUT2D eigenvalue weighted by Gasteiger charge is -2.33. The average molecular weight is 312 g/mol. The standard InChI is InChI=1S/C18H20N2O3/c21-17(13-6-5-11-7-8-19-14(11)9-13)20-15-4-2-1-3-12(15)10-16(20)18(22)23/h5-9,12,15-16,19H,1-4,10H2,(H,22,23)/t12-,15+,16+/m1/s1. The number of aromatic amines is 1. The lowest BCUT2D eigenvalue weighted by Crippen LogP contribution is -2.46. The predicted molar refractivity (Wildman–Crippen MR) is 86.3 cm³/mol. The van der Waals surface area contributed by atoms with Crippen LogP contribution in [0.1, 0.15) is 42.5 Å². The maximum Gasteiger partial charge on any atom is 0.326 e. The zero-order valence-electron chi connectivity index (χ0n) is 12.9. The van der Waals surface area contributed by atoms with E-state index in [0.29, 0.717) is 17.9 Å². The summed E-state index contributed by atoms with van der Waals surface area (Å²) in [4.78, 5) is 29.5. The first kappa shape index (κ1) is 14.3. The van der Waals surface area contributed by atoms with Crippen molar-refractivity contribution < 1.29 is 14.7 Å². The van der Waals surface area contributed by atoms with Crippen molar-refractivity contribution in [1.82, 2.24) is 9.88 Å². The number of carbonyl (C=O) groups excluding carboxylic acids is 1. The minimum absolute atomic E-state index is 0.0803. The summed E-state index contributed by atoms with van der Waals surface area (Å²) in [5, 5.41) is 10.6. The van der Waals surface area contributed by atoms with Crippen LogP contribution >= 0.6 is 0 Å². The molecule has 1 saturated heterocycles. The first-order valence-corrected chi connectivity index (χ1v) is 8.28. The van der Waals surface area contributed by atoms with Crippen molar-refractivity contribution in [3.8, 4) is 0 Å². The highest BCUT2D eigenvalue weighted by molar-refractivity contribution is 6.00. The third-order valence-electron chi connectivity index (χ3n) is 5.41. The molecule has 0 spiro atoms. The summed E-state index contributed by atoms with van der Waals surface area (Å²) in [5.41, 5.74) is 1.47. The third kappa shape index (κ3) is 2.31. The van der Waals surface area contributed by atoms with Gasteiger partial charge in [-0.1, -0.05) is 18.9 Å². The largest absolute Gasteiger partial charge is 0.480 e. The first-order chi connectivity index (χ1) is 11.1. The van der Waals surface area contributed by atoms with Gasteiger partial charge in [0.25, 0.3) is 5.91 Å². The van der Waals surface area contributed by atoms with Gasteiger partial charge in [0.05, 0.1) is 0 Å². The molecule has 1 saturated carbocycles. The summed E-state index contributed by atoms with van der Waals surface area (Å²) in [7, 11) is 0. The highest BCUT2D eigenvalue weighted by Gasteiger charge is 2.47. The molecule has 2 fully saturated rings. The van der Waals surface area contributed by atoms with Gasteiger partial charge in [-0.15, -0.1) is 0 Å². The molecule has 1 aromatic carbocycles. The van der Waals surface area contributed by atoms with E-state index in [-0.39, 0.29) is 11.9 Å². The van der Waals surface area contributed by atoms with Crippen LogP contribution in [0.15, 0.2) is 30.5 Å². The number of aliphatic carboxylic acids is 1. The average Bonchev–Trinajstić information content (AvgIpc) is 3.17. The number of carboxylic acids is 1. The van der Waals surface area contributed by atoms with Crippen LogP contribution in [0.25, 0.3) is 10.9 Å². The Balaban J connectivity index is 1.70.